The van der Waals surface area contributed by atoms with Gasteiger partial charge in [0.15, 0.2) is 5.82 Å². The highest BCUT2D eigenvalue weighted by Gasteiger charge is 2.20. The first-order valence-corrected chi connectivity index (χ1v) is 12.1. The minimum atomic E-state index is -3.92. The fourth-order valence-electron chi connectivity index (χ4n) is 3.21. The Hall–Kier alpha value is -3.63. The van der Waals surface area contributed by atoms with Crippen molar-refractivity contribution in [1.82, 2.24) is 20.0 Å². The highest BCUT2D eigenvalue weighted by Crippen LogP contribution is 2.29. The van der Waals surface area contributed by atoms with Gasteiger partial charge in [0, 0.05) is 22.5 Å². The van der Waals surface area contributed by atoms with Crippen LogP contribution < -0.4 is 14.2 Å². The van der Waals surface area contributed by atoms with Gasteiger partial charge in [-0.25, -0.2) is 13.1 Å². The minimum absolute atomic E-state index is 0.0593. The highest BCUT2D eigenvalue weighted by atomic mass is 35.5. The zero-order valence-corrected chi connectivity index (χ0v) is 20.5. The summed E-state index contributed by atoms with van der Waals surface area (Å²) in [5.41, 5.74) is 3.38. The van der Waals surface area contributed by atoms with Crippen molar-refractivity contribution in [2.45, 2.75) is 25.7 Å². The van der Waals surface area contributed by atoms with Crippen LogP contribution in [0, 0.1) is 20.8 Å². The molecule has 0 bridgehead atoms. The number of hydrogen-bond acceptors (Lipinski definition) is 7. The zero-order chi connectivity index (χ0) is 24.5. The minimum Gasteiger partial charge on any atom is -0.495 e. The van der Waals surface area contributed by atoms with Crippen molar-refractivity contribution in [3.05, 3.63) is 76.6 Å². The number of rotatable bonds is 7. The predicted octanol–water partition coefficient (Wildman–Crippen LogP) is 4.84. The van der Waals surface area contributed by atoms with E-state index in [9.17, 15) is 8.42 Å². The van der Waals surface area contributed by atoms with Gasteiger partial charge in [0.1, 0.15) is 16.4 Å². The van der Waals surface area contributed by atoms with Crippen molar-refractivity contribution in [2.24, 2.45) is 0 Å². The third kappa shape index (κ3) is 4.82. The standard InChI is InChI=1S/C23H22ClN5O4S/c1-14-15(2)27-29(16(14)3)22-11-12-23(26-25-22)33-19-8-6-18(7-9-19)28-34(30,31)21-13-17(24)5-10-20(21)32-4/h5-13,28H,1-4H3. The molecule has 0 aliphatic rings. The van der Waals surface area contributed by atoms with E-state index >= 15 is 0 Å². The smallest absolute Gasteiger partial charge is 0.265 e. The van der Waals surface area contributed by atoms with Crippen LogP contribution in [-0.2, 0) is 10.0 Å². The highest BCUT2D eigenvalue weighted by molar-refractivity contribution is 7.92. The van der Waals surface area contributed by atoms with E-state index in [-0.39, 0.29) is 15.7 Å². The quantitative estimate of drug-likeness (QED) is 0.387. The van der Waals surface area contributed by atoms with Crippen LogP contribution in [0.25, 0.3) is 5.82 Å². The first kappa shape index (κ1) is 23.5. The second-order valence-corrected chi connectivity index (χ2v) is 9.55. The molecule has 0 aliphatic heterocycles. The summed E-state index contributed by atoms with van der Waals surface area (Å²) in [6, 6.07) is 14.2. The maximum Gasteiger partial charge on any atom is 0.265 e. The van der Waals surface area contributed by atoms with Crippen LogP contribution in [0.1, 0.15) is 17.0 Å². The monoisotopic (exact) mass is 499 g/mol. The van der Waals surface area contributed by atoms with Crippen LogP contribution in [-0.4, -0.2) is 35.5 Å². The Labute approximate surface area is 202 Å². The third-order valence-electron chi connectivity index (χ3n) is 5.24. The van der Waals surface area contributed by atoms with Crippen LogP contribution in [0.4, 0.5) is 5.69 Å². The van der Waals surface area contributed by atoms with E-state index in [4.69, 9.17) is 21.1 Å². The molecule has 34 heavy (non-hydrogen) atoms. The largest absolute Gasteiger partial charge is 0.495 e. The van der Waals surface area contributed by atoms with E-state index in [2.05, 4.69) is 20.0 Å². The van der Waals surface area contributed by atoms with Crippen molar-refractivity contribution in [1.29, 1.82) is 0 Å². The summed E-state index contributed by atoms with van der Waals surface area (Å²) in [6.45, 7) is 5.92. The second-order valence-electron chi connectivity index (χ2n) is 7.46. The Morgan fingerprint density at radius 3 is 2.29 bits per heavy atom. The molecular weight excluding hydrogens is 478 g/mol. The lowest BCUT2D eigenvalue weighted by Crippen LogP contribution is -2.14. The van der Waals surface area contributed by atoms with E-state index in [1.54, 1.807) is 47.1 Å². The van der Waals surface area contributed by atoms with E-state index < -0.39 is 10.0 Å². The summed E-state index contributed by atoms with van der Waals surface area (Å²) in [6.07, 6.45) is 0. The summed E-state index contributed by atoms with van der Waals surface area (Å²) in [4.78, 5) is -0.0593. The Bertz CT molecular complexity index is 1440. The van der Waals surface area contributed by atoms with E-state index in [1.165, 1.54) is 19.2 Å². The average Bonchev–Trinajstić information content (AvgIpc) is 3.08. The number of benzene rings is 2. The van der Waals surface area contributed by atoms with Gasteiger partial charge in [-0.1, -0.05) is 11.6 Å². The molecule has 2 aromatic carbocycles. The lowest BCUT2D eigenvalue weighted by molar-refractivity contribution is 0.403. The molecule has 4 aromatic rings. The number of anilines is 1. The number of sulfonamides is 1. The van der Waals surface area contributed by atoms with E-state index in [1.807, 2.05) is 20.8 Å². The molecule has 1 N–H and O–H groups in total. The molecule has 4 rings (SSSR count). The van der Waals surface area contributed by atoms with Crippen LogP contribution in [0.2, 0.25) is 5.02 Å². The molecule has 2 aromatic heterocycles. The van der Waals surface area contributed by atoms with Crippen LogP contribution in [0.3, 0.4) is 0 Å². The van der Waals surface area contributed by atoms with Crippen LogP contribution in [0.5, 0.6) is 17.4 Å². The lowest BCUT2D eigenvalue weighted by Gasteiger charge is -2.12. The Morgan fingerprint density at radius 1 is 0.971 bits per heavy atom. The number of nitrogens with one attached hydrogen (secondary N) is 1. The number of nitrogens with zero attached hydrogens (tertiary/aromatic N) is 4. The van der Waals surface area contributed by atoms with Gasteiger partial charge in [-0.05, 0) is 74.9 Å². The van der Waals surface area contributed by atoms with Gasteiger partial charge in [-0.3, -0.25) is 4.72 Å². The first-order chi connectivity index (χ1) is 16.2. The van der Waals surface area contributed by atoms with Gasteiger partial charge in [0.05, 0.1) is 12.8 Å². The number of aryl methyl sites for hydroxylation is 1. The number of hydrogen-bond donors (Lipinski definition) is 1. The predicted molar refractivity (Wildman–Crippen MR) is 129 cm³/mol. The van der Waals surface area contributed by atoms with Crippen molar-refractivity contribution in [3.63, 3.8) is 0 Å². The van der Waals surface area contributed by atoms with Crippen molar-refractivity contribution < 1.29 is 17.9 Å². The molecule has 0 saturated heterocycles. The average molecular weight is 500 g/mol. The van der Waals surface area contributed by atoms with E-state index in [0.717, 1.165) is 17.0 Å². The molecule has 0 radical (unpaired) electrons. The summed E-state index contributed by atoms with van der Waals surface area (Å²) < 4.78 is 40.7. The Kier molecular flexibility index (Phi) is 6.45. The first-order valence-electron chi connectivity index (χ1n) is 10.2. The molecule has 0 amide bonds. The Morgan fingerprint density at radius 2 is 1.71 bits per heavy atom. The third-order valence-corrected chi connectivity index (χ3v) is 6.88. The molecule has 9 nitrogen and oxygen atoms in total. The molecule has 2 heterocycles. The maximum absolute atomic E-state index is 12.8. The molecule has 0 aliphatic carbocycles. The SMILES string of the molecule is COc1ccc(Cl)cc1S(=O)(=O)Nc1ccc(Oc2ccc(-n3nc(C)c(C)c3C)nn2)cc1. The molecule has 0 unspecified atom stereocenters. The van der Waals surface area contributed by atoms with Gasteiger partial charge in [0.25, 0.3) is 10.0 Å². The van der Waals surface area contributed by atoms with Crippen molar-refractivity contribution in [2.75, 3.05) is 11.8 Å². The van der Waals surface area contributed by atoms with E-state index in [0.29, 0.717) is 23.1 Å². The molecule has 11 heteroatoms. The molecular formula is C23H22ClN5O4S. The number of methoxy groups -OCH3 is 1. The lowest BCUT2D eigenvalue weighted by atomic mass is 10.2. The van der Waals surface area contributed by atoms with Gasteiger partial charge < -0.3 is 9.47 Å². The van der Waals surface area contributed by atoms with Crippen molar-refractivity contribution in [3.8, 4) is 23.2 Å². The number of aromatic nitrogens is 4. The van der Waals surface area contributed by atoms with Crippen molar-refractivity contribution >= 4 is 27.3 Å². The normalized spacial score (nSPS) is 11.3. The van der Waals surface area contributed by atoms with Crippen LogP contribution in [0.15, 0.2) is 59.5 Å². The second kappa shape index (κ2) is 9.32. The molecule has 0 spiro atoms. The topological polar surface area (TPSA) is 108 Å². The molecule has 176 valence electrons. The zero-order valence-electron chi connectivity index (χ0n) is 18.9. The number of halogens is 1. The number of ether oxygens (including phenoxy) is 2. The summed E-state index contributed by atoms with van der Waals surface area (Å²) in [7, 11) is -2.53. The summed E-state index contributed by atoms with van der Waals surface area (Å²) in [5.74, 6) is 1.53. The fourth-order valence-corrected chi connectivity index (χ4v) is 4.70. The van der Waals surface area contributed by atoms with Gasteiger partial charge in [-0.15, -0.1) is 10.2 Å². The van der Waals surface area contributed by atoms with Gasteiger partial charge >= 0.3 is 0 Å². The molecule has 0 saturated carbocycles. The van der Waals surface area contributed by atoms with Crippen LogP contribution >= 0.6 is 11.6 Å². The van der Waals surface area contributed by atoms with Gasteiger partial charge in [0.2, 0.25) is 5.88 Å². The maximum atomic E-state index is 12.8. The summed E-state index contributed by atoms with van der Waals surface area (Å²) >= 11 is 5.96. The summed E-state index contributed by atoms with van der Waals surface area (Å²) in [5, 5.41) is 13.1. The fraction of sp³-hybridized carbons (Fsp3) is 0.174. The molecule has 0 fully saturated rings. The van der Waals surface area contributed by atoms with Gasteiger partial charge in [-0.2, -0.15) is 5.10 Å². The Balaban J connectivity index is 1.47. The molecule has 0 atom stereocenters.